The predicted octanol–water partition coefficient (Wildman–Crippen LogP) is 3.94. The first-order valence-electron chi connectivity index (χ1n) is 10.0. The van der Waals surface area contributed by atoms with Crippen LogP contribution in [-0.2, 0) is 0 Å². The minimum atomic E-state index is -0.332. The average Bonchev–Trinajstić information content (AvgIpc) is 2.79. The Morgan fingerprint density at radius 3 is 2.40 bits per heavy atom. The second-order valence-corrected chi connectivity index (χ2v) is 7.52. The van der Waals surface area contributed by atoms with E-state index < -0.39 is 0 Å². The number of likely N-dealkylation sites (N-methyl/N-ethyl adjacent to an activating group) is 1. The van der Waals surface area contributed by atoms with Crippen LogP contribution in [0.5, 0.6) is 0 Å². The number of benzene rings is 2. The molecule has 30 heavy (non-hydrogen) atoms. The van der Waals surface area contributed by atoms with Crippen LogP contribution in [0.2, 0.25) is 0 Å². The number of piperazine rings is 1. The van der Waals surface area contributed by atoms with E-state index in [1.807, 2.05) is 54.6 Å². The highest BCUT2D eigenvalue weighted by molar-refractivity contribution is 5.70. The summed E-state index contributed by atoms with van der Waals surface area (Å²) in [5.41, 5.74) is 3.54. The number of rotatable bonds is 6. The Kier molecular flexibility index (Phi) is 5.90. The minimum Gasteiger partial charge on any atom is -0.369 e. The zero-order chi connectivity index (χ0) is 20.9. The zero-order valence-electron chi connectivity index (χ0n) is 16.9. The van der Waals surface area contributed by atoms with Crippen LogP contribution in [0.25, 0.3) is 0 Å². The van der Waals surface area contributed by atoms with Crippen molar-refractivity contribution in [1.29, 1.82) is 0 Å². The van der Waals surface area contributed by atoms with E-state index in [1.165, 1.54) is 0 Å². The van der Waals surface area contributed by atoms with Crippen LogP contribution in [0.3, 0.4) is 0 Å². The van der Waals surface area contributed by atoms with Gasteiger partial charge in [-0.05, 0) is 36.4 Å². The lowest BCUT2D eigenvalue weighted by Gasteiger charge is -2.34. The van der Waals surface area contributed by atoms with Crippen LogP contribution < -0.4 is 10.2 Å². The Labute approximate surface area is 176 Å². The fraction of sp³-hybridized carbons (Fsp3) is 0.261. The topological polar surface area (TPSA) is 74.5 Å². The molecule has 0 spiro atoms. The molecular formula is C23H25N5O2. The van der Waals surface area contributed by atoms with Gasteiger partial charge in [0.05, 0.1) is 11.0 Å². The summed E-state index contributed by atoms with van der Waals surface area (Å²) in [6.45, 7) is 3.75. The molecular weight excluding hydrogens is 378 g/mol. The van der Waals surface area contributed by atoms with E-state index in [0.29, 0.717) is 5.69 Å². The maximum Gasteiger partial charge on any atom is 0.292 e. The second kappa shape index (κ2) is 8.92. The van der Waals surface area contributed by atoms with Crippen molar-refractivity contribution in [3.63, 3.8) is 0 Å². The lowest BCUT2D eigenvalue weighted by Crippen LogP contribution is -2.44. The van der Waals surface area contributed by atoms with Crippen molar-refractivity contribution >= 4 is 17.1 Å². The number of nitro groups is 1. The van der Waals surface area contributed by atoms with Crippen LogP contribution in [0.15, 0.2) is 73.1 Å². The maximum absolute atomic E-state index is 11.7. The number of nitro benzene ring substituents is 1. The molecule has 7 nitrogen and oxygen atoms in total. The highest BCUT2D eigenvalue weighted by Crippen LogP contribution is 2.34. The Hall–Kier alpha value is -3.45. The van der Waals surface area contributed by atoms with Gasteiger partial charge in [0, 0.05) is 50.3 Å². The molecule has 1 atom stereocenters. The van der Waals surface area contributed by atoms with Crippen LogP contribution in [0.1, 0.15) is 17.2 Å². The van der Waals surface area contributed by atoms with Crippen molar-refractivity contribution in [2.45, 2.75) is 6.04 Å². The maximum atomic E-state index is 11.7. The molecule has 0 bridgehead atoms. The van der Waals surface area contributed by atoms with E-state index in [2.05, 4.69) is 27.1 Å². The van der Waals surface area contributed by atoms with Gasteiger partial charge in [0.2, 0.25) is 0 Å². The zero-order valence-corrected chi connectivity index (χ0v) is 16.9. The summed E-state index contributed by atoms with van der Waals surface area (Å²) in [5.74, 6) is 0. The molecule has 2 aromatic carbocycles. The molecule has 1 aromatic heterocycles. The molecule has 1 aliphatic rings. The Bertz CT molecular complexity index is 949. The fourth-order valence-electron chi connectivity index (χ4n) is 3.77. The van der Waals surface area contributed by atoms with Crippen LogP contribution in [0, 0.1) is 10.1 Å². The number of nitrogens with one attached hydrogen (secondary N) is 1. The van der Waals surface area contributed by atoms with Gasteiger partial charge in [-0.25, -0.2) is 0 Å². The van der Waals surface area contributed by atoms with E-state index in [4.69, 9.17) is 0 Å². The molecule has 1 unspecified atom stereocenters. The fourth-order valence-corrected chi connectivity index (χ4v) is 3.77. The van der Waals surface area contributed by atoms with Gasteiger partial charge < -0.3 is 15.1 Å². The summed E-state index contributed by atoms with van der Waals surface area (Å²) in [4.78, 5) is 20.2. The molecule has 2 heterocycles. The average molecular weight is 403 g/mol. The first kappa shape index (κ1) is 19.8. The van der Waals surface area contributed by atoms with Crippen molar-refractivity contribution in [3.05, 3.63) is 94.3 Å². The summed E-state index contributed by atoms with van der Waals surface area (Å²) in [7, 11) is 2.11. The monoisotopic (exact) mass is 403 g/mol. The molecule has 7 heteroatoms. The van der Waals surface area contributed by atoms with Gasteiger partial charge >= 0.3 is 0 Å². The SMILES string of the molecule is CN1CCN(c2ccc([N+](=O)[O-])c(NC(c3ccccc3)c3cccnc3)c2)CC1. The van der Waals surface area contributed by atoms with Crippen molar-refractivity contribution < 1.29 is 4.92 Å². The normalized spacial score (nSPS) is 15.6. The molecule has 3 aromatic rings. The minimum absolute atomic E-state index is 0.0673. The van der Waals surface area contributed by atoms with Crippen LogP contribution in [-0.4, -0.2) is 48.0 Å². The Morgan fingerprint density at radius 2 is 1.73 bits per heavy atom. The van der Waals surface area contributed by atoms with Crippen LogP contribution >= 0.6 is 0 Å². The molecule has 1 N–H and O–H groups in total. The van der Waals surface area contributed by atoms with Crippen molar-refractivity contribution in [2.75, 3.05) is 43.4 Å². The number of anilines is 2. The third-order valence-electron chi connectivity index (χ3n) is 5.50. The molecule has 0 amide bonds. The van der Waals surface area contributed by atoms with Gasteiger partial charge in [-0.15, -0.1) is 0 Å². The predicted molar refractivity (Wildman–Crippen MR) is 119 cm³/mol. The first-order chi connectivity index (χ1) is 14.6. The van der Waals surface area contributed by atoms with Gasteiger partial charge in [0.1, 0.15) is 5.69 Å². The van der Waals surface area contributed by atoms with Gasteiger partial charge in [0.15, 0.2) is 0 Å². The summed E-state index contributed by atoms with van der Waals surface area (Å²) < 4.78 is 0. The molecule has 0 radical (unpaired) electrons. The number of pyridine rings is 1. The second-order valence-electron chi connectivity index (χ2n) is 7.52. The Balaban J connectivity index is 1.71. The summed E-state index contributed by atoms with van der Waals surface area (Å²) in [6.07, 6.45) is 3.52. The largest absolute Gasteiger partial charge is 0.369 e. The van der Waals surface area contributed by atoms with Gasteiger partial charge in [-0.2, -0.15) is 0 Å². The highest BCUT2D eigenvalue weighted by atomic mass is 16.6. The van der Waals surface area contributed by atoms with E-state index in [0.717, 1.165) is 43.0 Å². The van der Waals surface area contributed by atoms with E-state index >= 15 is 0 Å². The lowest BCUT2D eigenvalue weighted by atomic mass is 9.99. The van der Waals surface area contributed by atoms with Crippen molar-refractivity contribution in [1.82, 2.24) is 9.88 Å². The smallest absolute Gasteiger partial charge is 0.292 e. The van der Waals surface area contributed by atoms with Crippen molar-refractivity contribution in [2.24, 2.45) is 0 Å². The standard InChI is InChI=1S/C23H25N5O2/c1-26-12-14-27(15-13-26)20-9-10-22(28(29)30)21(16-20)25-23(18-6-3-2-4-7-18)19-8-5-11-24-17-19/h2-11,16-17,23,25H,12-15H2,1H3. The van der Waals surface area contributed by atoms with Gasteiger partial charge in [0.25, 0.3) is 5.69 Å². The van der Waals surface area contributed by atoms with Gasteiger partial charge in [-0.1, -0.05) is 36.4 Å². The lowest BCUT2D eigenvalue weighted by molar-refractivity contribution is -0.384. The highest BCUT2D eigenvalue weighted by Gasteiger charge is 2.22. The number of aromatic nitrogens is 1. The third kappa shape index (κ3) is 4.41. The van der Waals surface area contributed by atoms with E-state index in [9.17, 15) is 10.1 Å². The van der Waals surface area contributed by atoms with E-state index in [-0.39, 0.29) is 16.7 Å². The molecule has 1 saturated heterocycles. The number of hydrogen-bond donors (Lipinski definition) is 1. The number of hydrogen-bond acceptors (Lipinski definition) is 6. The van der Waals surface area contributed by atoms with E-state index in [1.54, 1.807) is 18.5 Å². The van der Waals surface area contributed by atoms with Crippen molar-refractivity contribution in [3.8, 4) is 0 Å². The molecule has 0 aliphatic carbocycles. The summed E-state index contributed by atoms with van der Waals surface area (Å²) >= 11 is 0. The third-order valence-corrected chi connectivity index (χ3v) is 5.50. The number of nitrogens with zero attached hydrogens (tertiary/aromatic N) is 4. The first-order valence-corrected chi connectivity index (χ1v) is 10.0. The molecule has 154 valence electrons. The summed E-state index contributed by atoms with van der Waals surface area (Å²) in [6, 6.07) is 18.9. The van der Waals surface area contributed by atoms with Gasteiger partial charge in [-0.3, -0.25) is 15.1 Å². The summed E-state index contributed by atoms with van der Waals surface area (Å²) in [5, 5.41) is 15.2. The molecule has 1 aliphatic heterocycles. The molecule has 4 rings (SSSR count). The van der Waals surface area contributed by atoms with Crippen LogP contribution in [0.4, 0.5) is 17.1 Å². The molecule has 1 fully saturated rings. The quantitative estimate of drug-likeness (QED) is 0.496. The molecule has 0 saturated carbocycles. The Morgan fingerprint density at radius 1 is 1.00 bits per heavy atom.